The number of thioether (sulfide) groups is 1. The van der Waals surface area contributed by atoms with Crippen LogP contribution in [-0.4, -0.2) is 17.0 Å². The van der Waals surface area contributed by atoms with Gasteiger partial charge in [0, 0.05) is 5.56 Å². The fourth-order valence-corrected chi connectivity index (χ4v) is 1.54. The molecule has 100 valence electrons. The molecule has 0 aromatic heterocycles. The molecule has 0 amide bonds. The Morgan fingerprint density at radius 3 is 1.89 bits per heavy atom. The van der Waals surface area contributed by atoms with E-state index in [1.165, 1.54) is 0 Å². The number of rotatable bonds is 3. The first kappa shape index (κ1) is 14.9. The van der Waals surface area contributed by atoms with E-state index in [9.17, 15) is 31.1 Å². The molecule has 0 radical (unpaired) electrons. The molecule has 0 fully saturated rings. The Labute approximate surface area is 102 Å². The van der Waals surface area contributed by atoms with Gasteiger partial charge in [0.2, 0.25) is 0 Å². The van der Waals surface area contributed by atoms with Crippen molar-refractivity contribution in [3.63, 3.8) is 0 Å². The van der Waals surface area contributed by atoms with Crippen molar-refractivity contribution >= 4 is 17.5 Å². The summed E-state index contributed by atoms with van der Waals surface area (Å²) in [6.07, 6.45) is -4.54. The number of Topliss-reactive ketones (excluding diaryl/α,β-unsaturated/α-hetero) is 1. The third kappa shape index (κ3) is 4.59. The number of carbonyl (C=O) groups is 1. The monoisotopic (exact) mass is 288 g/mol. The summed E-state index contributed by atoms with van der Waals surface area (Å²) in [6.45, 7) is 0. The molecule has 0 aliphatic heterocycles. The van der Waals surface area contributed by atoms with Gasteiger partial charge in [-0.2, -0.15) is 26.3 Å². The number of benzene rings is 1. The molecule has 0 atom stereocenters. The van der Waals surface area contributed by atoms with E-state index in [1.807, 2.05) is 0 Å². The summed E-state index contributed by atoms with van der Waals surface area (Å²) < 4.78 is 72.0. The zero-order valence-corrected chi connectivity index (χ0v) is 9.42. The first-order valence-electron chi connectivity index (χ1n) is 4.51. The Kier molecular flexibility index (Phi) is 4.31. The van der Waals surface area contributed by atoms with Crippen molar-refractivity contribution in [1.82, 2.24) is 0 Å². The number of halogens is 6. The SMILES string of the molecule is O=C(CSC(F)(F)F)c1ccc(C(F)(F)F)cc1. The maximum atomic E-state index is 12.2. The third-order valence-electron chi connectivity index (χ3n) is 1.90. The van der Waals surface area contributed by atoms with Gasteiger partial charge in [-0.05, 0) is 23.9 Å². The van der Waals surface area contributed by atoms with Crippen molar-refractivity contribution < 1.29 is 31.1 Å². The third-order valence-corrected chi connectivity index (χ3v) is 2.63. The van der Waals surface area contributed by atoms with Crippen LogP contribution in [0.25, 0.3) is 0 Å². The quantitative estimate of drug-likeness (QED) is 0.614. The summed E-state index contributed by atoms with van der Waals surface area (Å²) in [7, 11) is 0. The van der Waals surface area contributed by atoms with Crippen molar-refractivity contribution in [1.29, 1.82) is 0 Å². The van der Waals surface area contributed by atoms with Crippen molar-refractivity contribution in [2.45, 2.75) is 11.7 Å². The van der Waals surface area contributed by atoms with Gasteiger partial charge in [-0.25, -0.2) is 0 Å². The van der Waals surface area contributed by atoms with Crippen molar-refractivity contribution in [3.8, 4) is 0 Å². The van der Waals surface area contributed by atoms with Crippen LogP contribution in [0.5, 0.6) is 0 Å². The second kappa shape index (κ2) is 5.21. The molecule has 1 nitrogen and oxygen atoms in total. The topological polar surface area (TPSA) is 17.1 Å². The van der Waals surface area contributed by atoms with Crippen LogP contribution in [0.4, 0.5) is 26.3 Å². The first-order chi connectivity index (χ1) is 8.09. The van der Waals surface area contributed by atoms with Gasteiger partial charge in [0.25, 0.3) is 0 Å². The molecule has 0 saturated carbocycles. The molecule has 0 spiro atoms. The normalized spacial score (nSPS) is 12.6. The van der Waals surface area contributed by atoms with E-state index >= 15 is 0 Å². The second-order valence-electron chi connectivity index (χ2n) is 3.23. The van der Waals surface area contributed by atoms with Gasteiger partial charge in [-0.15, -0.1) is 0 Å². The molecule has 1 aromatic rings. The molecule has 0 bridgehead atoms. The van der Waals surface area contributed by atoms with Crippen LogP contribution >= 0.6 is 11.8 Å². The van der Waals surface area contributed by atoms with Gasteiger partial charge in [0.1, 0.15) is 0 Å². The molecule has 1 aromatic carbocycles. The lowest BCUT2D eigenvalue weighted by Gasteiger charge is -2.07. The summed E-state index contributed by atoms with van der Waals surface area (Å²) in [5.74, 6) is -1.72. The van der Waals surface area contributed by atoms with E-state index in [2.05, 4.69) is 0 Å². The first-order valence-corrected chi connectivity index (χ1v) is 5.49. The second-order valence-corrected chi connectivity index (χ2v) is 4.27. The number of carbonyl (C=O) groups excluding carboxylic acids is 1. The van der Waals surface area contributed by atoms with Crippen LogP contribution in [0, 0.1) is 0 Å². The predicted molar refractivity (Wildman–Crippen MR) is 54.3 cm³/mol. The fraction of sp³-hybridized carbons (Fsp3) is 0.300. The molecule has 18 heavy (non-hydrogen) atoms. The maximum Gasteiger partial charge on any atom is 0.442 e. The van der Waals surface area contributed by atoms with Crippen molar-refractivity contribution in [2.75, 3.05) is 5.75 Å². The molecular formula is C10H6F6OS. The van der Waals surface area contributed by atoms with Crippen LogP contribution in [0.2, 0.25) is 0 Å². The highest BCUT2D eigenvalue weighted by molar-refractivity contribution is 8.00. The molecule has 0 unspecified atom stereocenters. The average Bonchev–Trinajstić information content (AvgIpc) is 2.24. The smallest absolute Gasteiger partial charge is 0.293 e. The summed E-state index contributed by atoms with van der Waals surface area (Å²) in [5, 5.41) is 0. The highest BCUT2D eigenvalue weighted by Crippen LogP contribution is 2.31. The summed E-state index contributed by atoms with van der Waals surface area (Å²) in [4.78, 5) is 11.3. The fourth-order valence-electron chi connectivity index (χ4n) is 1.08. The Bertz CT molecular complexity index is 419. The highest BCUT2D eigenvalue weighted by Gasteiger charge is 2.31. The zero-order valence-electron chi connectivity index (χ0n) is 8.60. The molecule has 0 saturated heterocycles. The minimum absolute atomic E-state index is 0.181. The van der Waals surface area contributed by atoms with E-state index in [0.29, 0.717) is 12.1 Å². The molecular weight excluding hydrogens is 282 g/mol. The molecule has 0 heterocycles. The van der Waals surface area contributed by atoms with E-state index in [0.717, 1.165) is 12.1 Å². The summed E-state index contributed by atoms with van der Waals surface area (Å²) >= 11 is -0.526. The molecule has 8 heteroatoms. The molecule has 0 N–H and O–H groups in total. The lowest BCUT2D eigenvalue weighted by atomic mass is 10.1. The number of alkyl halides is 6. The number of hydrogen-bond donors (Lipinski definition) is 0. The van der Waals surface area contributed by atoms with E-state index in [1.54, 1.807) is 0 Å². The van der Waals surface area contributed by atoms with Crippen LogP contribution in [0.1, 0.15) is 15.9 Å². The van der Waals surface area contributed by atoms with Crippen LogP contribution in [0.15, 0.2) is 24.3 Å². The molecule has 1 rings (SSSR count). The molecule has 0 aliphatic carbocycles. The highest BCUT2D eigenvalue weighted by atomic mass is 32.2. The largest absolute Gasteiger partial charge is 0.442 e. The van der Waals surface area contributed by atoms with Gasteiger partial charge >= 0.3 is 11.7 Å². The van der Waals surface area contributed by atoms with Gasteiger partial charge in [0.15, 0.2) is 5.78 Å². The van der Waals surface area contributed by atoms with Gasteiger partial charge in [0.05, 0.1) is 11.3 Å². The lowest BCUT2D eigenvalue weighted by molar-refractivity contribution is -0.137. The van der Waals surface area contributed by atoms with Crippen LogP contribution < -0.4 is 0 Å². The van der Waals surface area contributed by atoms with E-state index in [4.69, 9.17) is 0 Å². The lowest BCUT2D eigenvalue weighted by Crippen LogP contribution is -2.10. The van der Waals surface area contributed by atoms with E-state index < -0.39 is 40.5 Å². The number of ketones is 1. The van der Waals surface area contributed by atoms with Crippen molar-refractivity contribution in [3.05, 3.63) is 35.4 Å². The standard InChI is InChI=1S/C10H6F6OS/c11-9(12,13)7-3-1-6(2-4-7)8(17)5-18-10(14,15)16/h1-4H,5H2. The minimum Gasteiger partial charge on any atom is -0.293 e. The van der Waals surface area contributed by atoms with Crippen LogP contribution in [0.3, 0.4) is 0 Å². The Hall–Kier alpha value is -1.18. The maximum absolute atomic E-state index is 12.2. The summed E-state index contributed by atoms with van der Waals surface area (Å²) in [5.41, 5.74) is -5.68. The van der Waals surface area contributed by atoms with Gasteiger partial charge in [-0.1, -0.05) is 12.1 Å². The predicted octanol–water partition coefficient (Wildman–Crippen LogP) is 4.14. The Morgan fingerprint density at radius 2 is 1.50 bits per heavy atom. The van der Waals surface area contributed by atoms with E-state index in [-0.39, 0.29) is 5.56 Å². The summed E-state index contributed by atoms with van der Waals surface area (Å²) in [6, 6.07) is 3.04. The Morgan fingerprint density at radius 1 is 1.00 bits per heavy atom. The zero-order chi connectivity index (χ0) is 14.0. The van der Waals surface area contributed by atoms with Gasteiger partial charge < -0.3 is 0 Å². The average molecular weight is 288 g/mol. The molecule has 0 aliphatic rings. The van der Waals surface area contributed by atoms with Crippen molar-refractivity contribution in [2.24, 2.45) is 0 Å². The minimum atomic E-state index is -4.54. The van der Waals surface area contributed by atoms with Crippen LogP contribution in [-0.2, 0) is 6.18 Å². The Balaban J connectivity index is 2.71. The van der Waals surface area contributed by atoms with Gasteiger partial charge in [-0.3, -0.25) is 4.79 Å². The number of hydrogen-bond acceptors (Lipinski definition) is 2.